The molecule has 0 spiro atoms. The van der Waals surface area contributed by atoms with E-state index in [1.165, 1.54) is 0 Å². The van der Waals surface area contributed by atoms with Gasteiger partial charge in [0.1, 0.15) is 5.75 Å². The van der Waals surface area contributed by atoms with Crippen molar-refractivity contribution < 1.29 is 19.4 Å². The van der Waals surface area contributed by atoms with Crippen molar-refractivity contribution in [2.24, 2.45) is 0 Å². The van der Waals surface area contributed by atoms with Crippen LogP contribution in [0.5, 0.6) is 5.75 Å². The lowest BCUT2D eigenvalue weighted by Gasteiger charge is -2.27. The van der Waals surface area contributed by atoms with Gasteiger partial charge in [0.2, 0.25) is 0 Å². The number of benzene rings is 1. The van der Waals surface area contributed by atoms with Gasteiger partial charge in [-0.05, 0) is 63.3 Å². The Morgan fingerprint density at radius 1 is 1.25 bits per heavy atom. The van der Waals surface area contributed by atoms with Crippen LogP contribution in [-0.2, 0) is 9.59 Å². The van der Waals surface area contributed by atoms with E-state index in [9.17, 15) is 9.59 Å². The van der Waals surface area contributed by atoms with Gasteiger partial charge in [0.05, 0.1) is 6.54 Å². The highest BCUT2D eigenvalue weighted by atomic mass is 16.5. The van der Waals surface area contributed by atoms with E-state index in [4.69, 9.17) is 9.84 Å². The molecule has 2 rings (SSSR count). The number of carboxylic acids is 1. The fraction of sp³-hybridized carbons (Fsp3) is 0.636. The van der Waals surface area contributed by atoms with Gasteiger partial charge >= 0.3 is 5.97 Å². The summed E-state index contributed by atoms with van der Waals surface area (Å²) in [5.41, 5.74) is 2.22. The first-order valence-corrected chi connectivity index (χ1v) is 10.2. The number of ether oxygens (including phenoxy) is 1. The molecule has 0 unspecified atom stereocenters. The monoisotopic (exact) mass is 390 g/mol. The van der Waals surface area contributed by atoms with Crippen LogP contribution in [-0.4, -0.2) is 65.6 Å². The zero-order valence-corrected chi connectivity index (χ0v) is 17.8. The molecule has 1 saturated heterocycles. The van der Waals surface area contributed by atoms with E-state index in [1.54, 1.807) is 0 Å². The minimum absolute atomic E-state index is 0.00208. The number of aliphatic carboxylic acids is 1. The van der Waals surface area contributed by atoms with Gasteiger partial charge in [0, 0.05) is 19.1 Å². The van der Waals surface area contributed by atoms with Gasteiger partial charge in [-0.25, -0.2) is 0 Å². The van der Waals surface area contributed by atoms with Gasteiger partial charge in [-0.2, -0.15) is 0 Å². The Hall–Kier alpha value is -2.08. The summed E-state index contributed by atoms with van der Waals surface area (Å²) in [5, 5.41) is 9.00. The van der Waals surface area contributed by atoms with Crippen LogP contribution in [0.1, 0.15) is 57.1 Å². The molecule has 1 fully saturated rings. The van der Waals surface area contributed by atoms with Crippen molar-refractivity contribution in [3.05, 3.63) is 29.3 Å². The molecule has 1 amide bonds. The molecule has 156 valence electrons. The molecule has 1 aliphatic heterocycles. The minimum atomic E-state index is -0.819. The molecule has 1 N–H and O–H groups in total. The Labute approximate surface area is 168 Å². The molecular formula is C22H34N2O4. The Kier molecular flexibility index (Phi) is 7.87. The summed E-state index contributed by atoms with van der Waals surface area (Å²) in [6.45, 7) is 9.42. The second kappa shape index (κ2) is 9.92. The lowest BCUT2D eigenvalue weighted by Crippen LogP contribution is -2.42. The fourth-order valence-corrected chi connectivity index (χ4v) is 3.80. The maximum atomic E-state index is 13.0. The molecule has 6 heteroatoms. The Morgan fingerprint density at radius 3 is 2.61 bits per heavy atom. The van der Waals surface area contributed by atoms with Crippen molar-refractivity contribution in [1.82, 2.24) is 9.80 Å². The Balaban J connectivity index is 2.00. The van der Waals surface area contributed by atoms with Crippen LogP contribution in [0, 0.1) is 6.92 Å². The summed E-state index contributed by atoms with van der Waals surface area (Å²) in [6.07, 6.45) is 2.00. The predicted octanol–water partition coefficient (Wildman–Crippen LogP) is 3.28. The molecule has 0 bridgehead atoms. The highest BCUT2D eigenvalue weighted by Crippen LogP contribution is 2.28. The van der Waals surface area contributed by atoms with Crippen LogP contribution >= 0.6 is 0 Å². The van der Waals surface area contributed by atoms with Crippen molar-refractivity contribution in [2.45, 2.75) is 65.0 Å². The van der Waals surface area contributed by atoms with Crippen LogP contribution in [0.4, 0.5) is 0 Å². The number of carbonyl (C=O) groups excluding carboxylic acids is 1. The first-order chi connectivity index (χ1) is 13.2. The number of aryl methyl sites for hydroxylation is 1. The third-order valence-electron chi connectivity index (χ3n) is 5.46. The van der Waals surface area contributed by atoms with Crippen LogP contribution < -0.4 is 4.74 Å². The number of carboxylic acid groups (broad SMARTS) is 1. The number of likely N-dealkylation sites (N-methyl/N-ethyl adjacent to an activating group) is 1. The minimum Gasteiger partial charge on any atom is -0.481 e. The summed E-state index contributed by atoms with van der Waals surface area (Å²) in [7, 11) is 1.84. The molecule has 6 nitrogen and oxygen atoms in total. The van der Waals surface area contributed by atoms with Gasteiger partial charge in [0.25, 0.3) is 5.91 Å². The van der Waals surface area contributed by atoms with Crippen molar-refractivity contribution in [1.29, 1.82) is 0 Å². The van der Waals surface area contributed by atoms with Crippen LogP contribution in [0.3, 0.4) is 0 Å². The lowest BCUT2D eigenvalue weighted by atomic mass is 10.0. The average molecular weight is 391 g/mol. The standard InChI is InChI=1S/C22H34N2O4/c1-15(2)19-9-8-16(3)13-20(19)28-17(4)22(27)24-11-6-7-18(10-12-24)23(5)14-21(25)26/h8-9,13,15,17-18H,6-7,10-12,14H2,1-5H3,(H,25,26)/t17-,18+/m1/s1. The predicted molar refractivity (Wildman–Crippen MR) is 110 cm³/mol. The zero-order chi connectivity index (χ0) is 20.8. The van der Waals surface area contributed by atoms with Gasteiger partial charge in [-0.3, -0.25) is 14.5 Å². The van der Waals surface area contributed by atoms with Crippen molar-refractivity contribution in [3.8, 4) is 5.75 Å². The molecule has 0 aromatic heterocycles. The molecule has 2 atom stereocenters. The summed E-state index contributed by atoms with van der Waals surface area (Å²) in [4.78, 5) is 27.7. The number of nitrogens with zero attached hydrogens (tertiary/aromatic N) is 2. The van der Waals surface area contributed by atoms with E-state index in [2.05, 4.69) is 26.0 Å². The number of likely N-dealkylation sites (tertiary alicyclic amines) is 1. The van der Waals surface area contributed by atoms with Crippen molar-refractivity contribution >= 4 is 11.9 Å². The van der Waals surface area contributed by atoms with E-state index in [0.717, 1.165) is 36.1 Å². The highest BCUT2D eigenvalue weighted by Gasteiger charge is 2.27. The number of hydrogen-bond donors (Lipinski definition) is 1. The summed E-state index contributed by atoms with van der Waals surface area (Å²) < 4.78 is 6.09. The maximum Gasteiger partial charge on any atom is 0.317 e. The van der Waals surface area contributed by atoms with E-state index in [1.807, 2.05) is 36.8 Å². The third-order valence-corrected chi connectivity index (χ3v) is 5.46. The fourth-order valence-electron chi connectivity index (χ4n) is 3.80. The first kappa shape index (κ1) is 22.2. The normalized spacial score (nSPS) is 18.8. The lowest BCUT2D eigenvalue weighted by molar-refractivity contribution is -0.139. The third kappa shape index (κ3) is 5.96. The van der Waals surface area contributed by atoms with Crippen molar-refractivity contribution in [3.63, 3.8) is 0 Å². The zero-order valence-electron chi connectivity index (χ0n) is 17.8. The molecule has 0 saturated carbocycles. The summed E-state index contributed by atoms with van der Waals surface area (Å²) >= 11 is 0. The van der Waals surface area contributed by atoms with Crippen LogP contribution in [0.15, 0.2) is 18.2 Å². The molecule has 28 heavy (non-hydrogen) atoms. The molecule has 0 radical (unpaired) electrons. The maximum absolute atomic E-state index is 13.0. The van der Waals surface area contributed by atoms with Gasteiger partial charge in [-0.1, -0.05) is 26.0 Å². The first-order valence-electron chi connectivity index (χ1n) is 10.2. The molecule has 1 heterocycles. The smallest absolute Gasteiger partial charge is 0.317 e. The van der Waals surface area contributed by atoms with Crippen LogP contribution in [0.25, 0.3) is 0 Å². The summed E-state index contributed by atoms with van der Waals surface area (Å²) in [5.74, 6) is 0.282. The van der Waals surface area contributed by atoms with Gasteiger partial charge in [0.15, 0.2) is 6.10 Å². The Bertz CT molecular complexity index is 689. The molecule has 1 aromatic carbocycles. The molecular weight excluding hydrogens is 356 g/mol. The Morgan fingerprint density at radius 2 is 1.96 bits per heavy atom. The molecule has 1 aliphatic rings. The van der Waals surface area contributed by atoms with E-state index in [0.29, 0.717) is 19.0 Å². The van der Waals surface area contributed by atoms with Gasteiger partial charge in [-0.15, -0.1) is 0 Å². The topological polar surface area (TPSA) is 70.1 Å². The average Bonchev–Trinajstić information content (AvgIpc) is 2.86. The van der Waals surface area contributed by atoms with E-state index < -0.39 is 12.1 Å². The molecule has 1 aromatic rings. The highest BCUT2D eigenvalue weighted by molar-refractivity contribution is 5.81. The largest absolute Gasteiger partial charge is 0.481 e. The number of rotatable bonds is 7. The number of amides is 1. The van der Waals surface area contributed by atoms with E-state index >= 15 is 0 Å². The van der Waals surface area contributed by atoms with Crippen molar-refractivity contribution in [2.75, 3.05) is 26.7 Å². The second-order valence-electron chi connectivity index (χ2n) is 8.17. The summed E-state index contributed by atoms with van der Waals surface area (Å²) in [6, 6.07) is 6.33. The quantitative estimate of drug-likeness (QED) is 0.774. The number of hydrogen-bond acceptors (Lipinski definition) is 4. The SMILES string of the molecule is Cc1ccc(C(C)C)c(O[C@H](C)C(=O)N2CCC[C@H](N(C)CC(=O)O)CC2)c1. The van der Waals surface area contributed by atoms with E-state index in [-0.39, 0.29) is 18.5 Å². The molecule has 0 aliphatic carbocycles. The van der Waals surface area contributed by atoms with Crippen LogP contribution in [0.2, 0.25) is 0 Å². The number of carbonyl (C=O) groups is 2. The second-order valence-corrected chi connectivity index (χ2v) is 8.17. The van der Waals surface area contributed by atoms with Gasteiger partial charge < -0.3 is 14.7 Å².